The summed E-state index contributed by atoms with van der Waals surface area (Å²) in [6.07, 6.45) is -9.95. The molecule has 3 aliphatic heterocycles. The topological polar surface area (TPSA) is 182 Å². The van der Waals surface area contributed by atoms with Crippen LogP contribution in [0.2, 0.25) is 0 Å². The van der Waals surface area contributed by atoms with E-state index < -0.39 is 98.3 Å². The van der Waals surface area contributed by atoms with Gasteiger partial charge in [0.1, 0.15) is 36.6 Å². The zero-order valence-corrected chi connectivity index (χ0v) is 43.0. The predicted molar refractivity (Wildman–Crippen MR) is 282 cm³/mol. The van der Waals surface area contributed by atoms with Crippen LogP contribution in [0.3, 0.4) is 0 Å². The second-order valence-electron chi connectivity index (χ2n) is 18.8. The molecule has 9 rings (SSSR count). The zero-order valence-electron chi connectivity index (χ0n) is 43.0. The number of ether oxygens (including phenoxy) is 12. The minimum absolute atomic E-state index is 0.0666. The summed E-state index contributed by atoms with van der Waals surface area (Å²) in [4.78, 5) is 41.6. The van der Waals surface area contributed by atoms with Crippen molar-refractivity contribution in [2.75, 3.05) is 26.4 Å². The molecule has 0 spiro atoms. The van der Waals surface area contributed by atoms with E-state index in [0.717, 1.165) is 16.7 Å². The van der Waals surface area contributed by atoms with Crippen LogP contribution in [0.4, 0.5) is 0 Å². The molecule has 0 aliphatic carbocycles. The van der Waals surface area contributed by atoms with Gasteiger partial charge < -0.3 is 61.9 Å². The summed E-state index contributed by atoms with van der Waals surface area (Å²) in [7, 11) is 0. The van der Waals surface area contributed by atoms with Crippen molar-refractivity contribution in [3.8, 4) is 0 Å². The predicted octanol–water partition coefficient (Wildman–Crippen LogP) is 8.60. The molecule has 1 N–H and O–H groups in total. The highest BCUT2D eigenvalue weighted by Gasteiger charge is 2.54. The normalized spacial score (nSPS) is 25.6. The fourth-order valence-corrected chi connectivity index (χ4v) is 9.28. The summed E-state index contributed by atoms with van der Waals surface area (Å²) in [5, 5.41) is 10.7. The van der Waals surface area contributed by atoms with Crippen LogP contribution in [0, 0.1) is 0 Å². The van der Waals surface area contributed by atoms with E-state index in [1.807, 2.05) is 91.0 Å². The molecule has 3 heterocycles. The molecular weight excluding hydrogens is 1000 g/mol. The SMILES string of the molecule is C=CCCCOC1OC(COC2OC(COC3OC(CO)C(OCc4ccccc4)C3OC(=O)c3ccccc3)C(OCc3ccccc3)C2OC(=O)c2ccccc2)C(OCc2ccccc2)C1OC(=O)c1ccccc1. The summed E-state index contributed by atoms with van der Waals surface area (Å²) < 4.78 is 77.4. The molecule has 0 radical (unpaired) electrons. The number of unbranched alkanes of at least 4 members (excludes halogenated alkanes) is 1. The molecule has 408 valence electrons. The van der Waals surface area contributed by atoms with E-state index in [4.69, 9.17) is 56.8 Å². The van der Waals surface area contributed by atoms with Crippen molar-refractivity contribution in [2.45, 2.75) is 106 Å². The van der Waals surface area contributed by atoms with Crippen molar-refractivity contribution in [2.24, 2.45) is 0 Å². The number of aliphatic hydroxyl groups excluding tert-OH is 1. The third-order valence-electron chi connectivity index (χ3n) is 13.3. The lowest BCUT2D eigenvalue weighted by molar-refractivity contribution is -0.219. The number of carbonyl (C=O) groups is 3. The Morgan fingerprint density at radius 1 is 0.410 bits per heavy atom. The van der Waals surface area contributed by atoms with Crippen molar-refractivity contribution in [1.29, 1.82) is 0 Å². The van der Waals surface area contributed by atoms with Crippen molar-refractivity contribution in [3.05, 3.63) is 228 Å². The monoisotopic (exact) mass is 1060 g/mol. The van der Waals surface area contributed by atoms with Crippen LogP contribution in [0.1, 0.15) is 60.6 Å². The van der Waals surface area contributed by atoms with E-state index in [9.17, 15) is 19.5 Å². The molecular formula is C62H64O16. The van der Waals surface area contributed by atoms with Gasteiger partial charge in [0.2, 0.25) is 0 Å². The Morgan fingerprint density at radius 3 is 1.05 bits per heavy atom. The number of esters is 3. The van der Waals surface area contributed by atoms with Crippen molar-refractivity contribution in [1.82, 2.24) is 0 Å². The molecule has 12 unspecified atom stereocenters. The van der Waals surface area contributed by atoms with Crippen LogP contribution in [-0.2, 0) is 76.7 Å². The van der Waals surface area contributed by atoms with Crippen LogP contribution in [0.25, 0.3) is 0 Å². The van der Waals surface area contributed by atoms with Gasteiger partial charge in [-0.2, -0.15) is 0 Å². The van der Waals surface area contributed by atoms with Gasteiger partial charge >= 0.3 is 17.9 Å². The number of benzene rings is 6. The first-order chi connectivity index (χ1) is 38.3. The number of hydrogen-bond acceptors (Lipinski definition) is 16. The van der Waals surface area contributed by atoms with E-state index in [2.05, 4.69) is 6.58 Å². The Morgan fingerprint density at radius 2 is 0.718 bits per heavy atom. The van der Waals surface area contributed by atoms with Gasteiger partial charge in [0, 0.05) is 0 Å². The van der Waals surface area contributed by atoms with Gasteiger partial charge in [-0.15, -0.1) is 6.58 Å². The Kier molecular flexibility index (Phi) is 20.5. The summed E-state index contributed by atoms with van der Waals surface area (Å²) in [6, 6.07) is 53.9. The quantitative estimate of drug-likeness (QED) is 0.0224. The van der Waals surface area contributed by atoms with Gasteiger partial charge in [0.25, 0.3) is 0 Å². The van der Waals surface area contributed by atoms with E-state index in [-0.39, 0.29) is 50.8 Å². The first kappa shape index (κ1) is 55.8. The van der Waals surface area contributed by atoms with Crippen LogP contribution >= 0.6 is 0 Å². The highest BCUT2D eigenvalue weighted by atomic mass is 16.8. The molecule has 3 fully saturated rings. The second kappa shape index (κ2) is 28.6. The minimum Gasteiger partial charge on any atom is -0.450 e. The van der Waals surface area contributed by atoms with E-state index >= 15 is 0 Å². The Balaban J connectivity index is 1.00. The highest BCUT2D eigenvalue weighted by molar-refractivity contribution is 5.90. The standard InChI is InChI=1S/C62H64O16/c1-2-3-22-35-67-60-55(77-58(65)46-31-18-8-19-32-46)52(69-38-43-25-12-5-13-26-43)49(74-60)40-72-62-56(78-59(66)47-33-20-9-21-34-47)53(70-39-44-27-14-6-15-28-44)50(75-62)41-71-61-54(76-57(64)45-29-16-7-17-30-45)51(48(36-63)73-61)68-37-42-23-10-4-11-24-42/h2,4-21,23-34,48-56,60-63H,1,3,22,35-41H2. The lowest BCUT2D eigenvalue weighted by atomic mass is 10.1. The number of hydrogen-bond donors (Lipinski definition) is 1. The van der Waals surface area contributed by atoms with Crippen LogP contribution < -0.4 is 0 Å². The Hall–Kier alpha value is -6.93. The average Bonchev–Trinajstić information content (AvgIpc) is 4.19. The first-order valence-electron chi connectivity index (χ1n) is 26.1. The maximum absolute atomic E-state index is 14.1. The smallest absolute Gasteiger partial charge is 0.338 e. The van der Waals surface area contributed by atoms with Gasteiger partial charge in [0.05, 0.1) is 62.9 Å². The maximum Gasteiger partial charge on any atom is 0.338 e. The Labute approximate surface area is 453 Å². The summed E-state index contributed by atoms with van der Waals surface area (Å²) in [5.41, 5.74) is 3.40. The molecule has 3 saturated heterocycles. The van der Waals surface area contributed by atoms with Gasteiger partial charge in [-0.1, -0.05) is 152 Å². The molecule has 16 heteroatoms. The number of carbonyl (C=O) groups excluding carboxylic acids is 3. The van der Waals surface area contributed by atoms with Gasteiger partial charge in [-0.25, -0.2) is 14.4 Å². The minimum atomic E-state index is -1.33. The molecule has 78 heavy (non-hydrogen) atoms. The number of rotatable bonds is 27. The van der Waals surface area contributed by atoms with Crippen molar-refractivity contribution in [3.63, 3.8) is 0 Å². The van der Waals surface area contributed by atoms with E-state index in [0.29, 0.717) is 18.4 Å². The van der Waals surface area contributed by atoms with Gasteiger partial charge in [-0.05, 0) is 65.9 Å². The third-order valence-corrected chi connectivity index (χ3v) is 13.3. The van der Waals surface area contributed by atoms with Crippen LogP contribution in [0.15, 0.2) is 195 Å². The van der Waals surface area contributed by atoms with Crippen LogP contribution in [0.5, 0.6) is 0 Å². The fourth-order valence-electron chi connectivity index (χ4n) is 9.28. The van der Waals surface area contributed by atoms with Gasteiger partial charge in [-0.3, -0.25) is 0 Å². The molecule has 0 saturated carbocycles. The zero-order chi connectivity index (χ0) is 53.9. The molecule has 0 aromatic heterocycles. The summed E-state index contributed by atoms with van der Waals surface area (Å²) >= 11 is 0. The van der Waals surface area contributed by atoms with E-state index in [1.54, 1.807) is 97.1 Å². The fraction of sp³-hybridized carbons (Fsp3) is 0.339. The maximum atomic E-state index is 14.1. The molecule has 6 aromatic carbocycles. The average molecular weight is 1070 g/mol. The first-order valence-corrected chi connectivity index (χ1v) is 26.1. The molecule has 6 aromatic rings. The molecule has 3 aliphatic rings. The van der Waals surface area contributed by atoms with Crippen molar-refractivity contribution >= 4 is 17.9 Å². The highest BCUT2D eigenvalue weighted by Crippen LogP contribution is 2.36. The lowest BCUT2D eigenvalue weighted by Crippen LogP contribution is -2.44. The molecule has 16 nitrogen and oxygen atoms in total. The number of aliphatic hydroxyl groups is 1. The van der Waals surface area contributed by atoms with Crippen LogP contribution in [-0.4, -0.2) is 123 Å². The molecule has 12 atom stereocenters. The van der Waals surface area contributed by atoms with E-state index in [1.165, 1.54) is 0 Å². The summed E-state index contributed by atoms with van der Waals surface area (Å²) in [6.45, 7) is 3.39. The molecule has 0 bridgehead atoms. The van der Waals surface area contributed by atoms with Gasteiger partial charge in [0.15, 0.2) is 37.2 Å². The Bertz CT molecular complexity index is 2760. The largest absolute Gasteiger partial charge is 0.450 e. The lowest BCUT2D eigenvalue weighted by Gasteiger charge is -2.27. The summed E-state index contributed by atoms with van der Waals surface area (Å²) in [5.74, 6) is -1.94. The second-order valence-corrected chi connectivity index (χ2v) is 18.8. The third kappa shape index (κ3) is 15.0. The molecule has 0 amide bonds. The van der Waals surface area contributed by atoms with Crippen molar-refractivity contribution < 1.29 is 76.3 Å². The number of allylic oxidation sites excluding steroid dienone is 1.